The lowest BCUT2D eigenvalue weighted by molar-refractivity contribution is -0.388. The van der Waals surface area contributed by atoms with Crippen LogP contribution in [0.2, 0.25) is 0 Å². The minimum Gasteiger partial charge on any atom is -0.258 e. The van der Waals surface area contributed by atoms with Crippen molar-refractivity contribution in [1.82, 2.24) is 0 Å². The first-order valence-electron chi connectivity index (χ1n) is 3.39. The predicted molar refractivity (Wildman–Crippen MR) is 52.1 cm³/mol. The summed E-state index contributed by atoms with van der Waals surface area (Å²) in [6.45, 7) is 0. The number of nitro benzene ring substituents is 1. The average Bonchev–Trinajstić information content (AvgIpc) is 1.99. The zero-order valence-electron chi connectivity index (χ0n) is 6.98. The van der Waals surface area contributed by atoms with Gasteiger partial charge in [0.15, 0.2) is 4.90 Å². The van der Waals surface area contributed by atoms with Gasteiger partial charge < -0.3 is 0 Å². The summed E-state index contributed by atoms with van der Waals surface area (Å²) >= 11 is 2.70. The molecule has 0 bridgehead atoms. The lowest BCUT2D eigenvalue weighted by atomic mass is 10.3. The Labute approximate surface area is 92.2 Å². The fourth-order valence-electron chi connectivity index (χ4n) is 0.964. The molecule has 6 nitrogen and oxygen atoms in total. The van der Waals surface area contributed by atoms with Gasteiger partial charge in [0, 0.05) is 4.47 Å². The number of benzene rings is 1. The van der Waals surface area contributed by atoms with Crippen molar-refractivity contribution in [1.29, 1.82) is 0 Å². The van der Waals surface area contributed by atoms with Crippen LogP contribution in [-0.2, 0) is 10.0 Å². The van der Waals surface area contributed by atoms with Crippen LogP contribution < -0.4 is 5.14 Å². The molecule has 0 aliphatic heterocycles. The van der Waals surface area contributed by atoms with Gasteiger partial charge in [0.1, 0.15) is 5.82 Å². The Morgan fingerprint density at radius 1 is 1.47 bits per heavy atom. The SMILES string of the molecule is NS(=O)(=O)c1c(Br)cc(F)cc1[N+](=O)[O-]. The van der Waals surface area contributed by atoms with Gasteiger partial charge in [-0.05, 0) is 22.0 Å². The Bertz CT molecular complexity index is 530. The predicted octanol–water partition coefficient (Wildman–Crippen LogP) is 1.14. The van der Waals surface area contributed by atoms with Crippen LogP contribution in [0.1, 0.15) is 0 Å². The van der Waals surface area contributed by atoms with E-state index >= 15 is 0 Å². The molecule has 1 aromatic rings. The fraction of sp³-hybridized carbons (Fsp3) is 0. The Balaban J connectivity index is 3.70. The molecule has 0 spiro atoms. The molecule has 0 unspecified atom stereocenters. The highest BCUT2D eigenvalue weighted by Crippen LogP contribution is 2.31. The fourth-order valence-corrected chi connectivity index (χ4v) is 2.82. The molecular formula is C6H4BrFN2O4S. The Hall–Kier alpha value is -1.06. The standard InChI is InChI=1S/C6H4BrFN2O4S/c7-4-1-3(8)2-5(10(11)12)6(4)15(9,13)14/h1-2H,(H2,9,13,14). The van der Waals surface area contributed by atoms with Crippen LogP contribution in [0.5, 0.6) is 0 Å². The van der Waals surface area contributed by atoms with Crippen LogP contribution in [0.4, 0.5) is 10.1 Å². The summed E-state index contributed by atoms with van der Waals surface area (Å²) in [5, 5.41) is 15.2. The zero-order valence-corrected chi connectivity index (χ0v) is 9.38. The number of nitro groups is 1. The molecule has 0 saturated carbocycles. The summed E-state index contributed by atoms with van der Waals surface area (Å²) in [4.78, 5) is 8.71. The van der Waals surface area contributed by atoms with Gasteiger partial charge in [-0.1, -0.05) is 0 Å². The minimum absolute atomic E-state index is 0.281. The largest absolute Gasteiger partial charge is 0.293 e. The molecule has 0 aliphatic rings. The first kappa shape index (κ1) is 12.0. The molecule has 0 aromatic heterocycles. The minimum atomic E-state index is -4.28. The molecule has 9 heteroatoms. The molecule has 1 aromatic carbocycles. The molecule has 0 fully saturated rings. The van der Waals surface area contributed by atoms with Gasteiger partial charge in [-0.2, -0.15) is 0 Å². The van der Waals surface area contributed by atoms with Crippen LogP contribution in [0, 0.1) is 15.9 Å². The molecule has 0 heterocycles. The van der Waals surface area contributed by atoms with E-state index in [1.54, 1.807) is 0 Å². The van der Waals surface area contributed by atoms with Crippen LogP contribution >= 0.6 is 15.9 Å². The van der Waals surface area contributed by atoms with Gasteiger partial charge in [0.05, 0.1) is 11.0 Å². The van der Waals surface area contributed by atoms with Gasteiger partial charge in [0.25, 0.3) is 5.69 Å². The third kappa shape index (κ3) is 2.49. The van der Waals surface area contributed by atoms with E-state index < -0.39 is 31.3 Å². The summed E-state index contributed by atoms with van der Waals surface area (Å²) in [6.07, 6.45) is 0. The molecule has 82 valence electrons. The van der Waals surface area contributed by atoms with Crippen LogP contribution in [0.25, 0.3) is 0 Å². The smallest absolute Gasteiger partial charge is 0.258 e. The molecule has 0 saturated heterocycles. The second kappa shape index (κ2) is 3.83. The highest BCUT2D eigenvalue weighted by molar-refractivity contribution is 9.10. The number of sulfonamides is 1. The number of halogens is 2. The van der Waals surface area contributed by atoms with E-state index in [4.69, 9.17) is 5.14 Å². The van der Waals surface area contributed by atoms with E-state index in [0.717, 1.165) is 6.07 Å². The summed E-state index contributed by atoms with van der Waals surface area (Å²) in [5.41, 5.74) is -0.899. The average molecular weight is 299 g/mol. The zero-order chi connectivity index (χ0) is 11.8. The molecular weight excluding hydrogens is 295 g/mol. The van der Waals surface area contributed by atoms with E-state index in [1.807, 2.05) is 0 Å². The maximum absolute atomic E-state index is 12.8. The first-order valence-corrected chi connectivity index (χ1v) is 5.73. The maximum Gasteiger partial charge on any atom is 0.293 e. The van der Waals surface area contributed by atoms with Crippen molar-refractivity contribution in [3.8, 4) is 0 Å². The molecule has 1 rings (SSSR count). The summed E-state index contributed by atoms with van der Waals surface area (Å²) in [6, 6.07) is 1.28. The van der Waals surface area contributed by atoms with E-state index in [9.17, 15) is 22.9 Å². The van der Waals surface area contributed by atoms with Crippen molar-refractivity contribution in [2.24, 2.45) is 5.14 Å². The lowest BCUT2D eigenvalue weighted by Crippen LogP contribution is -2.15. The molecule has 15 heavy (non-hydrogen) atoms. The highest BCUT2D eigenvalue weighted by Gasteiger charge is 2.27. The summed E-state index contributed by atoms with van der Waals surface area (Å²) in [7, 11) is -4.28. The van der Waals surface area contributed by atoms with Crippen molar-refractivity contribution in [2.45, 2.75) is 4.90 Å². The molecule has 0 radical (unpaired) electrons. The van der Waals surface area contributed by atoms with E-state index in [2.05, 4.69) is 15.9 Å². The number of nitrogens with two attached hydrogens (primary N) is 1. The third-order valence-electron chi connectivity index (χ3n) is 1.47. The Morgan fingerprint density at radius 2 is 2.00 bits per heavy atom. The van der Waals surface area contributed by atoms with E-state index in [-0.39, 0.29) is 4.47 Å². The third-order valence-corrected chi connectivity index (χ3v) is 3.36. The van der Waals surface area contributed by atoms with Crippen LogP contribution in [0.3, 0.4) is 0 Å². The first-order chi connectivity index (χ1) is 6.73. The van der Waals surface area contributed by atoms with Gasteiger partial charge >= 0.3 is 0 Å². The lowest BCUT2D eigenvalue weighted by Gasteiger charge is -2.02. The Morgan fingerprint density at radius 3 is 2.40 bits per heavy atom. The maximum atomic E-state index is 12.8. The molecule has 0 aliphatic carbocycles. The summed E-state index contributed by atoms with van der Waals surface area (Å²) in [5.74, 6) is -0.930. The topological polar surface area (TPSA) is 103 Å². The van der Waals surface area contributed by atoms with E-state index in [1.165, 1.54) is 0 Å². The monoisotopic (exact) mass is 298 g/mol. The second-order valence-electron chi connectivity index (χ2n) is 2.54. The summed E-state index contributed by atoms with van der Waals surface area (Å²) < 4.78 is 34.5. The van der Waals surface area contributed by atoms with Gasteiger partial charge in [0.2, 0.25) is 10.0 Å². The van der Waals surface area contributed by atoms with Gasteiger partial charge in [-0.25, -0.2) is 17.9 Å². The van der Waals surface area contributed by atoms with E-state index in [0.29, 0.717) is 6.07 Å². The normalized spacial score (nSPS) is 11.4. The number of rotatable bonds is 2. The quantitative estimate of drug-likeness (QED) is 0.653. The number of nitrogens with zero attached hydrogens (tertiary/aromatic N) is 1. The molecule has 2 N–H and O–H groups in total. The molecule has 0 atom stereocenters. The number of hydrogen-bond donors (Lipinski definition) is 1. The van der Waals surface area contributed by atoms with Crippen LogP contribution in [0.15, 0.2) is 21.5 Å². The van der Waals surface area contributed by atoms with Crippen molar-refractivity contribution in [2.75, 3.05) is 0 Å². The van der Waals surface area contributed by atoms with Crippen molar-refractivity contribution in [3.05, 3.63) is 32.5 Å². The van der Waals surface area contributed by atoms with Gasteiger partial charge in [-0.15, -0.1) is 0 Å². The second-order valence-corrected chi connectivity index (χ2v) is 4.89. The van der Waals surface area contributed by atoms with Gasteiger partial charge in [-0.3, -0.25) is 10.1 Å². The van der Waals surface area contributed by atoms with Crippen LogP contribution in [-0.4, -0.2) is 13.3 Å². The number of primary sulfonamides is 1. The highest BCUT2D eigenvalue weighted by atomic mass is 79.9. The molecule has 0 amide bonds. The van der Waals surface area contributed by atoms with Crippen molar-refractivity contribution >= 4 is 31.6 Å². The van der Waals surface area contributed by atoms with Crippen molar-refractivity contribution in [3.63, 3.8) is 0 Å². The Kier molecular flexibility index (Phi) is 3.07. The number of hydrogen-bond acceptors (Lipinski definition) is 4. The van der Waals surface area contributed by atoms with Crippen molar-refractivity contribution < 1.29 is 17.7 Å².